The number of aromatic nitrogens is 2. The molecule has 1 fully saturated rings. The van der Waals surface area contributed by atoms with E-state index in [0.29, 0.717) is 11.8 Å². The monoisotopic (exact) mass is 398 g/mol. The third kappa shape index (κ3) is 5.82. The van der Waals surface area contributed by atoms with Gasteiger partial charge in [0.05, 0.1) is 7.11 Å². The van der Waals surface area contributed by atoms with Crippen LogP contribution in [0.25, 0.3) is 0 Å². The van der Waals surface area contributed by atoms with Crippen molar-refractivity contribution in [1.29, 1.82) is 0 Å². The van der Waals surface area contributed by atoms with Gasteiger partial charge in [0.1, 0.15) is 6.10 Å². The molecule has 1 aromatic carbocycles. The van der Waals surface area contributed by atoms with Crippen molar-refractivity contribution in [3.8, 4) is 11.8 Å². The maximum Gasteiger partial charge on any atom is 0.319 e. The molecule has 1 aromatic heterocycles. The van der Waals surface area contributed by atoms with E-state index in [9.17, 15) is 4.79 Å². The van der Waals surface area contributed by atoms with Crippen LogP contribution in [0.15, 0.2) is 36.7 Å². The maximum absolute atomic E-state index is 12.3. The van der Waals surface area contributed by atoms with Gasteiger partial charge >= 0.3 is 6.03 Å². The topological polar surface area (TPSA) is 85.4 Å². The Labute approximate surface area is 172 Å². The third-order valence-electron chi connectivity index (χ3n) is 5.12. The Morgan fingerprint density at radius 1 is 1.00 bits per heavy atom. The van der Waals surface area contributed by atoms with Crippen molar-refractivity contribution >= 4 is 11.7 Å². The molecule has 0 saturated heterocycles. The SMILES string of the molecule is COc1nccnc1OC1CCC(NC(=O)Nc2ccc(C(C)(C)C)cc2)CC1. The summed E-state index contributed by atoms with van der Waals surface area (Å²) >= 11 is 0. The summed E-state index contributed by atoms with van der Waals surface area (Å²) in [5.74, 6) is 0.812. The maximum atomic E-state index is 12.3. The second kappa shape index (κ2) is 9.11. The van der Waals surface area contributed by atoms with Crippen molar-refractivity contribution in [2.24, 2.45) is 0 Å². The molecule has 1 saturated carbocycles. The molecule has 0 unspecified atom stereocenters. The first-order valence-corrected chi connectivity index (χ1v) is 10.0. The summed E-state index contributed by atoms with van der Waals surface area (Å²) in [7, 11) is 1.55. The van der Waals surface area contributed by atoms with Crippen molar-refractivity contribution in [2.45, 2.75) is 64.0 Å². The van der Waals surface area contributed by atoms with Gasteiger partial charge in [-0.15, -0.1) is 0 Å². The van der Waals surface area contributed by atoms with E-state index in [4.69, 9.17) is 9.47 Å². The number of anilines is 1. The van der Waals surface area contributed by atoms with E-state index in [1.807, 2.05) is 12.1 Å². The van der Waals surface area contributed by atoms with E-state index in [2.05, 4.69) is 53.5 Å². The van der Waals surface area contributed by atoms with E-state index < -0.39 is 0 Å². The highest BCUT2D eigenvalue weighted by molar-refractivity contribution is 5.89. The second-order valence-electron chi connectivity index (χ2n) is 8.39. The van der Waals surface area contributed by atoms with Gasteiger partial charge in [-0.2, -0.15) is 0 Å². The molecule has 29 heavy (non-hydrogen) atoms. The minimum absolute atomic E-state index is 0.0478. The molecule has 0 radical (unpaired) electrons. The molecule has 0 bridgehead atoms. The summed E-state index contributed by atoms with van der Waals surface area (Å²) in [6.45, 7) is 6.51. The normalized spacial score (nSPS) is 19.3. The van der Waals surface area contributed by atoms with E-state index in [1.165, 1.54) is 5.56 Å². The molecular weight excluding hydrogens is 368 g/mol. The number of nitrogens with one attached hydrogen (secondary N) is 2. The van der Waals surface area contributed by atoms with Gasteiger partial charge in [0.15, 0.2) is 0 Å². The first-order chi connectivity index (χ1) is 13.8. The molecule has 2 aromatic rings. The number of ether oxygens (including phenoxy) is 2. The fraction of sp³-hybridized carbons (Fsp3) is 0.500. The Kier molecular flexibility index (Phi) is 6.56. The van der Waals surface area contributed by atoms with Crippen LogP contribution < -0.4 is 20.1 Å². The molecule has 0 atom stereocenters. The molecule has 7 heteroatoms. The number of hydrogen-bond acceptors (Lipinski definition) is 5. The number of hydrogen-bond donors (Lipinski definition) is 2. The van der Waals surface area contributed by atoms with Crippen molar-refractivity contribution in [3.63, 3.8) is 0 Å². The quantitative estimate of drug-likeness (QED) is 0.785. The average Bonchev–Trinajstić information content (AvgIpc) is 2.69. The van der Waals surface area contributed by atoms with Crippen molar-refractivity contribution < 1.29 is 14.3 Å². The fourth-order valence-corrected chi connectivity index (χ4v) is 3.42. The van der Waals surface area contributed by atoms with Gasteiger partial charge in [0, 0.05) is 24.1 Å². The van der Waals surface area contributed by atoms with Gasteiger partial charge in [0.25, 0.3) is 11.8 Å². The number of urea groups is 1. The predicted octanol–water partition coefficient (Wildman–Crippen LogP) is 4.29. The highest BCUT2D eigenvalue weighted by Gasteiger charge is 2.25. The van der Waals surface area contributed by atoms with E-state index in [0.717, 1.165) is 31.4 Å². The van der Waals surface area contributed by atoms with Crippen molar-refractivity contribution in [1.82, 2.24) is 15.3 Å². The zero-order valence-corrected chi connectivity index (χ0v) is 17.6. The van der Waals surface area contributed by atoms with Crippen LogP contribution in [-0.2, 0) is 5.41 Å². The number of carbonyl (C=O) groups is 1. The number of carbonyl (C=O) groups excluding carboxylic acids is 1. The van der Waals surface area contributed by atoms with Crippen LogP contribution in [0.4, 0.5) is 10.5 Å². The molecule has 1 aliphatic rings. The Bertz CT molecular complexity index is 810. The number of amides is 2. The molecule has 0 spiro atoms. The van der Waals surface area contributed by atoms with Crippen LogP contribution in [0, 0.1) is 0 Å². The Balaban J connectivity index is 1.45. The highest BCUT2D eigenvalue weighted by atomic mass is 16.5. The van der Waals surface area contributed by atoms with Crippen LogP contribution in [0.1, 0.15) is 52.0 Å². The van der Waals surface area contributed by atoms with E-state index in [-0.39, 0.29) is 23.6 Å². The van der Waals surface area contributed by atoms with Crippen molar-refractivity contribution in [2.75, 3.05) is 12.4 Å². The van der Waals surface area contributed by atoms with Crippen molar-refractivity contribution in [3.05, 3.63) is 42.2 Å². The minimum atomic E-state index is -0.173. The first-order valence-electron chi connectivity index (χ1n) is 10.0. The van der Waals surface area contributed by atoms with E-state index >= 15 is 0 Å². The molecular formula is C22H30N4O3. The lowest BCUT2D eigenvalue weighted by Crippen LogP contribution is -2.41. The Morgan fingerprint density at radius 2 is 1.62 bits per heavy atom. The molecule has 1 aliphatic carbocycles. The standard InChI is InChI=1S/C22H30N4O3/c1-22(2,3)15-5-7-16(8-6-15)25-21(27)26-17-9-11-18(12-10-17)29-20-19(28-4)23-13-14-24-20/h5-8,13-14,17-18H,9-12H2,1-4H3,(H2,25,26,27). The number of benzene rings is 1. The molecule has 2 amide bonds. The number of methoxy groups -OCH3 is 1. The molecule has 2 N–H and O–H groups in total. The van der Waals surface area contributed by atoms with Gasteiger partial charge in [-0.05, 0) is 48.8 Å². The number of nitrogens with zero attached hydrogens (tertiary/aromatic N) is 2. The van der Waals surface area contributed by atoms with Gasteiger partial charge in [0.2, 0.25) is 0 Å². The third-order valence-corrected chi connectivity index (χ3v) is 5.12. The molecule has 3 rings (SSSR count). The minimum Gasteiger partial charge on any atom is -0.477 e. The van der Waals surface area contributed by atoms with Gasteiger partial charge in [-0.1, -0.05) is 32.9 Å². The molecule has 156 valence electrons. The van der Waals surface area contributed by atoms with Gasteiger partial charge < -0.3 is 20.1 Å². The largest absolute Gasteiger partial charge is 0.477 e. The average molecular weight is 399 g/mol. The zero-order valence-electron chi connectivity index (χ0n) is 17.6. The zero-order chi connectivity index (χ0) is 20.9. The molecule has 1 heterocycles. The molecule has 7 nitrogen and oxygen atoms in total. The molecule has 0 aliphatic heterocycles. The number of rotatable bonds is 5. The van der Waals surface area contributed by atoms with Gasteiger partial charge in [-0.25, -0.2) is 14.8 Å². The smallest absolute Gasteiger partial charge is 0.319 e. The van der Waals surface area contributed by atoms with Gasteiger partial charge in [-0.3, -0.25) is 0 Å². The lowest BCUT2D eigenvalue weighted by molar-refractivity contribution is 0.129. The Morgan fingerprint density at radius 3 is 2.21 bits per heavy atom. The summed E-state index contributed by atoms with van der Waals surface area (Å²) in [4.78, 5) is 20.6. The summed E-state index contributed by atoms with van der Waals surface area (Å²) in [5.41, 5.74) is 2.13. The van der Waals surface area contributed by atoms with E-state index in [1.54, 1.807) is 19.5 Å². The van der Waals surface area contributed by atoms with Crippen LogP contribution in [0.5, 0.6) is 11.8 Å². The fourth-order valence-electron chi connectivity index (χ4n) is 3.42. The Hall–Kier alpha value is -2.83. The second-order valence-corrected chi connectivity index (χ2v) is 8.39. The van der Waals surface area contributed by atoms with Crippen LogP contribution >= 0.6 is 0 Å². The summed E-state index contributed by atoms with van der Waals surface area (Å²) in [6.07, 6.45) is 6.58. The lowest BCUT2D eigenvalue weighted by Gasteiger charge is -2.29. The highest BCUT2D eigenvalue weighted by Crippen LogP contribution is 2.27. The first kappa shape index (κ1) is 20.9. The van der Waals surface area contributed by atoms with Crippen LogP contribution in [-0.4, -0.2) is 35.3 Å². The summed E-state index contributed by atoms with van der Waals surface area (Å²) in [5, 5.41) is 5.98. The lowest BCUT2D eigenvalue weighted by atomic mass is 9.87. The predicted molar refractivity (Wildman–Crippen MR) is 113 cm³/mol. The van der Waals surface area contributed by atoms with Crippen LogP contribution in [0.3, 0.4) is 0 Å². The van der Waals surface area contributed by atoms with Crippen LogP contribution in [0.2, 0.25) is 0 Å². The summed E-state index contributed by atoms with van der Waals surface area (Å²) < 4.78 is 11.1. The summed E-state index contributed by atoms with van der Waals surface area (Å²) in [6, 6.07) is 7.96.